The molecule has 92 heavy (non-hydrogen) atoms. The molecule has 1 fully saturated rings. The van der Waals surface area contributed by atoms with E-state index in [0.717, 1.165) is 89.2 Å². The number of benzene rings is 4. The second-order valence-corrected chi connectivity index (χ2v) is 27.9. The smallest absolute Gasteiger partial charge is 0.325 e. The molecule has 23 nitrogen and oxygen atoms in total. The van der Waals surface area contributed by atoms with E-state index >= 15 is 0 Å². The maximum absolute atomic E-state index is 14.4. The molecule has 0 spiro atoms. The van der Waals surface area contributed by atoms with Crippen molar-refractivity contribution in [2.45, 2.75) is 129 Å². The number of carbonyl (C=O) groups is 7. The number of amides is 7. The number of piperazine rings is 1. The number of unbranched alkanes of at least 4 members (excludes halogenated alkanes) is 4. The third kappa shape index (κ3) is 25.6. The third-order valence-corrected chi connectivity index (χ3v) is 19.3. The molecule has 504 valence electrons. The Morgan fingerprint density at radius 1 is 0.696 bits per heavy atom. The summed E-state index contributed by atoms with van der Waals surface area (Å²) in [6, 6.07) is 27.8. The standard InChI is InChI=1S/C46H62N6O8S.C19H30N3O6PS2/c1-6-11-16-25-47-45(55)39(32-61(57,58)59)48-42(53)19-14-15-20-43(54)51-26-28-52(29-27-51)46(56)36-18-13-12-17-35(36)44-37-23-21-33(49(7-2)8-3)30-40(37)60-41-31-34(22-24-38(41)44)50(9-4)10-5;1-15(23)22-17(10-13-29(26,27)28)19(25)21-11-6-5-9-18(24)20-12-14-30-31-16-7-3-2-4-8-16/h12-13,17-18,21-24,30-31,39H,6-11,14-16,19-20,25-29,32H2,1-5H3,(H2-,47,48,53,55,57,58,59);2-4,7-8,17H,5-6,9-14H2,1H3,(H,20,24)(H,21,25)(H,22,23)(H2,26,27,28). The van der Waals surface area contributed by atoms with Crippen LogP contribution in [0.15, 0.2) is 100 Å². The monoisotopic (exact) mass is 1350 g/mol. The van der Waals surface area contributed by atoms with E-state index < -0.39 is 65.3 Å². The predicted molar refractivity (Wildman–Crippen MR) is 362 cm³/mol. The topological polar surface area (TPSA) is 320 Å². The summed E-state index contributed by atoms with van der Waals surface area (Å²) < 4.78 is 54.2. The summed E-state index contributed by atoms with van der Waals surface area (Å²) in [6.45, 7) is 17.8. The Kier molecular flexibility index (Phi) is 32.2. The van der Waals surface area contributed by atoms with Gasteiger partial charge in [-0.15, -0.1) is 0 Å². The van der Waals surface area contributed by atoms with Crippen molar-refractivity contribution >= 4 is 97.3 Å². The molecule has 6 rings (SSSR count). The number of hydrogen-bond donors (Lipinski definition) is 7. The summed E-state index contributed by atoms with van der Waals surface area (Å²) in [7, 11) is -5.69. The summed E-state index contributed by atoms with van der Waals surface area (Å²) in [5.74, 6) is -2.01. The number of fused-ring (bicyclic) bond motifs is 2. The molecular formula is C65H92N9O14PS3. The second-order valence-electron chi connectivity index (χ2n) is 22.2. The molecule has 1 saturated heterocycles. The van der Waals surface area contributed by atoms with Crippen LogP contribution in [0.3, 0.4) is 0 Å². The molecule has 1 aliphatic carbocycles. The SMILES string of the molecule is CC(=O)NC(CCP(=O)(O)O)C(=O)NCCCCC(=O)NCCSSc1ccccc1.CCCCCNC(=O)C(CS(=O)(=O)[O-])NC(=O)CCCCC(=O)N1CCN(C(=O)c2ccccc2-c2c3ccc(=[N+](CC)CC)cc-3oc3cc(N(CC)CC)ccc23)CC1. The van der Waals surface area contributed by atoms with Crippen LogP contribution in [-0.4, -0.2) is 176 Å². The Morgan fingerprint density at radius 2 is 1.32 bits per heavy atom. The molecular weight excluding hydrogens is 1260 g/mol. The van der Waals surface area contributed by atoms with Gasteiger partial charge >= 0.3 is 7.60 Å². The number of anilines is 1. The van der Waals surface area contributed by atoms with E-state index in [4.69, 9.17) is 14.2 Å². The zero-order chi connectivity index (χ0) is 67.2. The summed E-state index contributed by atoms with van der Waals surface area (Å²) in [4.78, 5) is 113. The predicted octanol–water partition coefficient (Wildman–Crippen LogP) is 6.95. The first-order chi connectivity index (χ1) is 44.0. The molecule has 3 aromatic rings. The van der Waals surface area contributed by atoms with Gasteiger partial charge in [-0.1, -0.05) is 77.8 Å². The fourth-order valence-corrected chi connectivity index (χ4v) is 13.6. The van der Waals surface area contributed by atoms with E-state index in [2.05, 4.69) is 100 Å². The maximum Gasteiger partial charge on any atom is 0.325 e. The lowest BCUT2D eigenvalue weighted by Gasteiger charge is -2.35. The van der Waals surface area contributed by atoms with Gasteiger partial charge in [0.25, 0.3) is 5.91 Å². The van der Waals surface area contributed by atoms with Crippen LogP contribution in [0.5, 0.6) is 0 Å². The lowest BCUT2D eigenvalue weighted by atomic mass is 9.90. The fourth-order valence-electron chi connectivity index (χ4n) is 10.5. The molecule has 0 saturated carbocycles. The van der Waals surface area contributed by atoms with Crippen molar-refractivity contribution in [2.24, 2.45) is 0 Å². The van der Waals surface area contributed by atoms with Gasteiger partial charge in [-0.05, 0) is 108 Å². The summed E-state index contributed by atoms with van der Waals surface area (Å²) in [5.41, 5.74) is 5.01. The number of carbonyl (C=O) groups excluding carboxylic acids is 7. The first-order valence-electron chi connectivity index (χ1n) is 31.7. The van der Waals surface area contributed by atoms with Gasteiger partial charge in [0, 0.05) is 136 Å². The van der Waals surface area contributed by atoms with Gasteiger partial charge in [0.1, 0.15) is 36.5 Å². The molecule has 2 atom stereocenters. The van der Waals surface area contributed by atoms with Crippen molar-refractivity contribution in [3.8, 4) is 22.5 Å². The quantitative estimate of drug-likeness (QED) is 0.00539. The molecule has 7 N–H and O–H groups in total. The van der Waals surface area contributed by atoms with Crippen LogP contribution < -0.4 is 41.4 Å². The first kappa shape index (κ1) is 75.9. The van der Waals surface area contributed by atoms with Crippen LogP contribution in [0, 0.1) is 0 Å². The van der Waals surface area contributed by atoms with Crippen LogP contribution in [-0.2, 0) is 43.5 Å². The van der Waals surface area contributed by atoms with Gasteiger partial charge < -0.3 is 60.0 Å². The molecule has 0 aromatic heterocycles. The van der Waals surface area contributed by atoms with E-state index in [1.54, 1.807) is 31.4 Å². The van der Waals surface area contributed by atoms with E-state index in [1.807, 2.05) is 61.5 Å². The highest BCUT2D eigenvalue weighted by atomic mass is 33.1. The van der Waals surface area contributed by atoms with Gasteiger partial charge in [-0.2, -0.15) is 0 Å². The molecule has 7 amide bonds. The molecule has 2 aliphatic heterocycles. The molecule has 3 aromatic carbocycles. The molecule has 0 bridgehead atoms. The third-order valence-electron chi connectivity index (χ3n) is 15.4. The van der Waals surface area contributed by atoms with Crippen molar-refractivity contribution in [3.05, 3.63) is 102 Å². The second kappa shape index (κ2) is 39.0. The Morgan fingerprint density at radius 3 is 1.96 bits per heavy atom. The Hall–Kier alpha value is -6.80. The zero-order valence-corrected chi connectivity index (χ0v) is 57.1. The van der Waals surface area contributed by atoms with Crippen LogP contribution in [0.4, 0.5) is 5.69 Å². The zero-order valence-electron chi connectivity index (χ0n) is 53.7. The highest BCUT2D eigenvalue weighted by Gasteiger charge is 2.30. The minimum Gasteiger partial charge on any atom is -0.748 e. The van der Waals surface area contributed by atoms with Crippen LogP contribution in [0.2, 0.25) is 0 Å². The average Bonchev–Trinajstić information content (AvgIpc) is 0.749. The Labute approximate surface area is 548 Å². The lowest BCUT2D eigenvalue weighted by Crippen LogP contribution is -2.50. The number of nitrogens with one attached hydrogen (secondary N) is 5. The largest absolute Gasteiger partial charge is 0.748 e. The van der Waals surface area contributed by atoms with Crippen molar-refractivity contribution in [3.63, 3.8) is 0 Å². The summed E-state index contributed by atoms with van der Waals surface area (Å²) in [5, 5.41) is 14.8. The Balaban J connectivity index is 0.000000417. The van der Waals surface area contributed by atoms with Crippen molar-refractivity contribution in [1.82, 2.24) is 41.0 Å². The minimum absolute atomic E-state index is 0.0399. The number of nitrogens with zero attached hydrogens (tertiary/aromatic N) is 4. The number of hydrogen-bond acceptors (Lipinski definition) is 15. The summed E-state index contributed by atoms with van der Waals surface area (Å²) >= 11 is 0. The minimum atomic E-state index is -4.77. The lowest BCUT2D eigenvalue weighted by molar-refractivity contribution is -0.133. The molecule has 27 heteroatoms. The highest BCUT2D eigenvalue weighted by Crippen LogP contribution is 2.42. The molecule has 0 radical (unpaired) electrons. The van der Waals surface area contributed by atoms with E-state index in [-0.39, 0.29) is 37.0 Å². The highest BCUT2D eigenvalue weighted by molar-refractivity contribution is 8.76. The van der Waals surface area contributed by atoms with Crippen LogP contribution >= 0.6 is 29.2 Å². The molecule has 2 heterocycles. The van der Waals surface area contributed by atoms with Crippen molar-refractivity contribution in [2.75, 3.05) is 94.6 Å². The Bertz CT molecular complexity index is 3440. The van der Waals surface area contributed by atoms with E-state index in [1.165, 1.54) is 11.8 Å². The molecule has 3 aliphatic rings. The van der Waals surface area contributed by atoms with Gasteiger partial charge in [-0.3, -0.25) is 38.1 Å². The van der Waals surface area contributed by atoms with Gasteiger partial charge in [-0.25, -0.2) is 13.0 Å². The maximum atomic E-state index is 14.4. The van der Waals surface area contributed by atoms with E-state index in [9.17, 15) is 51.1 Å². The first-order valence-corrected chi connectivity index (χ1v) is 37.4. The van der Waals surface area contributed by atoms with Crippen LogP contribution in [0.25, 0.3) is 33.4 Å². The van der Waals surface area contributed by atoms with Gasteiger partial charge in [0.05, 0.1) is 28.1 Å². The van der Waals surface area contributed by atoms with Crippen molar-refractivity contribution in [1.29, 1.82) is 0 Å². The molecule has 2 unspecified atom stereocenters. The normalized spacial score (nSPS) is 13.1. The fraction of sp³-hybridized carbons (Fsp3) is 0.508. The van der Waals surface area contributed by atoms with Gasteiger partial charge in [0.2, 0.25) is 40.8 Å². The van der Waals surface area contributed by atoms with Gasteiger partial charge in [0.15, 0.2) is 0 Å². The average molecular weight is 1350 g/mol. The number of rotatable bonds is 35. The van der Waals surface area contributed by atoms with E-state index in [0.29, 0.717) is 89.9 Å². The summed E-state index contributed by atoms with van der Waals surface area (Å²) in [6.07, 6.45) is 4.22. The van der Waals surface area contributed by atoms with Crippen LogP contribution in [0.1, 0.15) is 123 Å². The van der Waals surface area contributed by atoms with Crippen molar-refractivity contribution < 1.29 is 65.3 Å².